The minimum absolute atomic E-state index is 0.547. The van der Waals surface area contributed by atoms with Gasteiger partial charge in [0.25, 0.3) is 0 Å². The highest BCUT2D eigenvalue weighted by atomic mass is 16.5. The van der Waals surface area contributed by atoms with Crippen molar-refractivity contribution < 1.29 is 4.74 Å². The first-order valence-corrected chi connectivity index (χ1v) is 6.86. The van der Waals surface area contributed by atoms with E-state index >= 15 is 0 Å². The van der Waals surface area contributed by atoms with Crippen molar-refractivity contribution in [3.63, 3.8) is 0 Å². The fraction of sp³-hybridized carbons (Fsp3) is 0.600. The topological polar surface area (TPSA) is 49.1 Å². The van der Waals surface area contributed by atoms with Crippen molar-refractivity contribution in [1.29, 1.82) is 5.26 Å². The smallest absolute Gasteiger partial charge is 0.128 e. The third-order valence-corrected chi connectivity index (χ3v) is 3.82. The number of hydrogen-bond acceptors (Lipinski definition) is 4. The minimum Gasteiger partial charge on any atom is -0.383 e. The zero-order valence-electron chi connectivity index (χ0n) is 11.7. The summed E-state index contributed by atoms with van der Waals surface area (Å²) in [4.78, 5) is 6.75. The molecule has 1 saturated carbocycles. The first-order chi connectivity index (χ1) is 9.24. The minimum atomic E-state index is 0.547. The fourth-order valence-corrected chi connectivity index (χ4v) is 2.76. The molecule has 1 aliphatic carbocycles. The van der Waals surface area contributed by atoms with Crippen LogP contribution in [0.15, 0.2) is 18.3 Å². The molecule has 1 aliphatic rings. The Balaban J connectivity index is 2.13. The second-order valence-corrected chi connectivity index (χ2v) is 5.28. The summed E-state index contributed by atoms with van der Waals surface area (Å²) in [6.45, 7) is 3.86. The molecule has 1 heterocycles. The number of anilines is 1. The molecule has 0 amide bonds. The highest BCUT2D eigenvalue weighted by molar-refractivity contribution is 5.43. The molecular formula is C15H21N3O. The van der Waals surface area contributed by atoms with Gasteiger partial charge in [-0.2, -0.15) is 5.26 Å². The average molecular weight is 259 g/mol. The molecule has 1 fully saturated rings. The van der Waals surface area contributed by atoms with Crippen molar-refractivity contribution in [3.8, 4) is 6.07 Å². The number of pyridine rings is 1. The number of ether oxygens (including phenoxy) is 1. The Hall–Kier alpha value is -1.60. The van der Waals surface area contributed by atoms with Crippen LogP contribution in [0.4, 0.5) is 5.82 Å². The van der Waals surface area contributed by atoms with E-state index in [1.165, 1.54) is 19.3 Å². The summed E-state index contributed by atoms with van der Waals surface area (Å²) in [6, 6.07) is 6.43. The molecule has 0 N–H and O–H groups in total. The molecule has 4 heteroatoms. The summed E-state index contributed by atoms with van der Waals surface area (Å²) in [6.07, 6.45) is 5.36. The molecule has 4 nitrogen and oxygen atoms in total. The lowest BCUT2D eigenvalue weighted by Crippen LogP contribution is -2.36. The van der Waals surface area contributed by atoms with Crippen molar-refractivity contribution >= 4 is 5.82 Å². The van der Waals surface area contributed by atoms with E-state index in [2.05, 4.69) is 22.9 Å². The van der Waals surface area contributed by atoms with Crippen molar-refractivity contribution in [1.82, 2.24) is 4.98 Å². The molecule has 0 bridgehead atoms. The van der Waals surface area contributed by atoms with Gasteiger partial charge in [0.1, 0.15) is 11.9 Å². The van der Waals surface area contributed by atoms with Gasteiger partial charge in [-0.05, 0) is 37.3 Å². The van der Waals surface area contributed by atoms with Crippen LogP contribution in [-0.2, 0) is 4.74 Å². The second kappa shape index (κ2) is 6.53. The summed E-state index contributed by atoms with van der Waals surface area (Å²) in [5, 5.41) is 8.83. The van der Waals surface area contributed by atoms with Gasteiger partial charge in [-0.1, -0.05) is 6.92 Å². The van der Waals surface area contributed by atoms with Crippen LogP contribution in [0.25, 0.3) is 0 Å². The van der Waals surface area contributed by atoms with Crippen LogP contribution in [0.3, 0.4) is 0 Å². The normalized spacial score (nSPS) is 22.2. The maximum atomic E-state index is 8.83. The number of aromatic nitrogens is 1. The zero-order valence-corrected chi connectivity index (χ0v) is 11.7. The van der Waals surface area contributed by atoms with E-state index in [-0.39, 0.29) is 0 Å². The largest absolute Gasteiger partial charge is 0.383 e. The van der Waals surface area contributed by atoms with Gasteiger partial charge in [-0.25, -0.2) is 4.98 Å². The van der Waals surface area contributed by atoms with Gasteiger partial charge in [0.05, 0.1) is 12.2 Å². The Bertz CT molecular complexity index is 438. The monoisotopic (exact) mass is 259 g/mol. The van der Waals surface area contributed by atoms with Gasteiger partial charge >= 0.3 is 0 Å². The van der Waals surface area contributed by atoms with E-state index in [1.807, 2.05) is 12.1 Å². The number of hydrogen-bond donors (Lipinski definition) is 0. The molecule has 2 rings (SSSR count). The first kappa shape index (κ1) is 13.8. The second-order valence-electron chi connectivity index (χ2n) is 5.28. The van der Waals surface area contributed by atoms with Crippen LogP contribution >= 0.6 is 0 Å². The van der Waals surface area contributed by atoms with Crippen molar-refractivity contribution in [2.75, 3.05) is 25.2 Å². The van der Waals surface area contributed by atoms with E-state index in [0.717, 1.165) is 18.3 Å². The lowest BCUT2D eigenvalue weighted by atomic mass is 10.1. The molecule has 1 aromatic heterocycles. The van der Waals surface area contributed by atoms with Crippen molar-refractivity contribution in [2.24, 2.45) is 5.92 Å². The van der Waals surface area contributed by atoms with Crippen LogP contribution < -0.4 is 4.90 Å². The molecule has 0 radical (unpaired) electrons. The summed E-state index contributed by atoms with van der Waals surface area (Å²) in [5.41, 5.74) is 0.607. The fourth-order valence-electron chi connectivity index (χ4n) is 2.76. The SMILES string of the molecule is COCCN(c1ccc(C#N)cn1)C1CCC(C)C1. The summed E-state index contributed by atoms with van der Waals surface area (Å²) < 4.78 is 5.20. The molecule has 1 aromatic rings. The van der Waals surface area contributed by atoms with Gasteiger partial charge in [-0.15, -0.1) is 0 Å². The predicted molar refractivity (Wildman–Crippen MR) is 75.0 cm³/mol. The highest BCUT2D eigenvalue weighted by Gasteiger charge is 2.27. The van der Waals surface area contributed by atoms with Crippen LogP contribution in [0.2, 0.25) is 0 Å². The predicted octanol–water partition coefficient (Wildman–Crippen LogP) is 2.59. The Morgan fingerprint density at radius 3 is 2.84 bits per heavy atom. The van der Waals surface area contributed by atoms with E-state index in [4.69, 9.17) is 10.00 Å². The van der Waals surface area contributed by atoms with E-state index in [9.17, 15) is 0 Å². The van der Waals surface area contributed by atoms with E-state index in [0.29, 0.717) is 18.2 Å². The summed E-state index contributed by atoms with van der Waals surface area (Å²) >= 11 is 0. The average Bonchev–Trinajstić information content (AvgIpc) is 2.86. The molecule has 102 valence electrons. The maximum Gasteiger partial charge on any atom is 0.128 e. The van der Waals surface area contributed by atoms with Crippen LogP contribution in [0, 0.1) is 17.2 Å². The van der Waals surface area contributed by atoms with Gasteiger partial charge in [0.15, 0.2) is 0 Å². The maximum absolute atomic E-state index is 8.83. The van der Waals surface area contributed by atoms with Crippen molar-refractivity contribution in [2.45, 2.75) is 32.2 Å². The van der Waals surface area contributed by atoms with Crippen LogP contribution in [0.1, 0.15) is 31.7 Å². The third-order valence-electron chi connectivity index (χ3n) is 3.82. The number of nitrogens with zero attached hydrogens (tertiary/aromatic N) is 3. The van der Waals surface area contributed by atoms with Crippen molar-refractivity contribution in [3.05, 3.63) is 23.9 Å². The standard InChI is InChI=1S/C15H21N3O/c1-12-3-5-14(9-12)18(7-8-19-2)15-6-4-13(10-16)11-17-15/h4,6,11-12,14H,3,5,7-9H2,1-2H3. The zero-order chi connectivity index (χ0) is 13.7. The van der Waals surface area contributed by atoms with Crippen LogP contribution in [0.5, 0.6) is 0 Å². The summed E-state index contributed by atoms with van der Waals surface area (Å²) in [7, 11) is 1.72. The Morgan fingerprint density at radius 1 is 1.47 bits per heavy atom. The van der Waals surface area contributed by atoms with E-state index < -0.39 is 0 Å². The Labute approximate surface area is 115 Å². The Kier molecular flexibility index (Phi) is 4.75. The van der Waals surface area contributed by atoms with E-state index in [1.54, 1.807) is 13.3 Å². The summed E-state index contributed by atoms with van der Waals surface area (Å²) in [5.74, 6) is 1.74. The molecule has 0 spiro atoms. The quantitative estimate of drug-likeness (QED) is 0.815. The number of methoxy groups -OCH3 is 1. The molecule has 19 heavy (non-hydrogen) atoms. The van der Waals surface area contributed by atoms with Gasteiger partial charge in [0, 0.05) is 25.9 Å². The molecule has 2 unspecified atom stereocenters. The van der Waals surface area contributed by atoms with Gasteiger partial charge in [0.2, 0.25) is 0 Å². The lowest BCUT2D eigenvalue weighted by molar-refractivity contribution is 0.202. The van der Waals surface area contributed by atoms with Gasteiger partial charge < -0.3 is 9.64 Å². The molecule has 0 aromatic carbocycles. The van der Waals surface area contributed by atoms with Gasteiger partial charge in [-0.3, -0.25) is 0 Å². The van der Waals surface area contributed by atoms with Crippen LogP contribution in [-0.4, -0.2) is 31.3 Å². The molecule has 0 saturated heterocycles. The third kappa shape index (κ3) is 3.45. The highest BCUT2D eigenvalue weighted by Crippen LogP contribution is 2.31. The molecule has 2 atom stereocenters. The number of rotatable bonds is 5. The molecular weight excluding hydrogens is 238 g/mol. The number of nitriles is 1. The lowest BCUT2D eigenvalue weighted by Gasteiger charge is -2.30. The Morgan fingerprint density at radius 2 is 2.32 bits per heavy atom. The molecule has 0 aliphatic heterocycles. The first-order valence-electron chi connectivity index (χ1n) is 6.86.